The SMILES string of the molecule is CC(Sc1nc(=O)cc(N)n1C)c1ccc(C(C)(C)C)cc1. The number of nitrogen functional groups attached to an aromatic ring is 1. The molecular weight excluding hydrogens is 294 g/mol. The Morgan fingerprint density at radius 2 is 1.82 bits per heavy atom. The van der Waals surface area contributed by atoms with E-state index < -0.39 is 0 Å². The van der Waals surface area contributed by atoms with E-state index >= 15 is 0 Å². The fourth-order valence-electron chi connectivity index (χ4n) is 2.12. The summed E-state index contributed by atoms with van der Waals surface area (Å²) in [7, 11) is 1.82. The quantitative estimate of drug-likeness (QED) is 0.695. The molecule has 118 valence electrons. The molecule has 0 radical (unpaired) electrons. The molecule has 1 unspecified atom stereocenters. The summed E-state index contributed by atoms with van der Waals surface area (Å²) in [4.78, 5) is 15.6. The van der Waals surface area contributed by atoms with Crippen molar-refractivity contribution in [3.8, 4) is 0 Å². The van der Waals surface area contributed by atoms with Crippen LogP contribution in [0.3, 0.4) is 0 Å². The van der Waals surface area contributed by atoms with Crippen LogP contribution in [-0.4, -0.2) is 9.55 Å². The molecule has 0 saturated heterocycles. The number of benzene rings is 1. The Bertz CT molecular complexity index is 714. The van der Waals surface area contributed by atoms with E-state index in [4.69, 9.17) is 5.73 Å². The Hall–Kier alpha value is -1.75. The highest BCUT2D eigenvalue weighted by atomic mass is 32.2. The molecule has 4 nitrogen and oxygen atoms in total. The first kappa shape index (κ1) is 16.6. The monoisotopic (exact) mass is 317 g/mol. The van der Waals surface area contributed by atoms with Crippen LogP contribution in [-0.2, 0) is 12.5 Å². The van der Waals surface area contributed by atoms with Gasteiger partial charge in [-0.3, -0.25) is 4.79 Å². The maximum Gasteiger partial charge on any atom is 0.275 e. The fourth-order valence-corrected chi connectivity index (χ4v) is 3.14. The van der Waals surface area contributed by atoms with Gasteiger partial charge in [0.15, 0.2) is 5.16 Å². The van der Waals surface area contributed by atoms with Crippen LogP contribution in [0.1, 0.15) is 44.1 Å². The molecule has 0 saturated carbocycles. The Morgan fingerprint density at radius 3 is 2.36 bits per heavy atom. The molecule has 2 N–H and O–H groups in total. The van der Waals surface area contributed by atoms with Crippen molar-refractivity contribution in [3.63, 3.8) is 0 Å². The van der Waals surface area contributed by atoms with Crippen molar-refractivity contribution >= 4 is 17.6 Å². The van der Waals surface area contributed by atoms with Crippen LogP contribution in [0.4, 0.5) is 5.82 Å². The fraction of sp³-hybridized carbons (Fsp3) is 0.412. The van der Waals surface area contributed by atoms with Gasteiger partial charge in [-0.15, -0.1) is 0 Å². The van der Waals surface area contributed by atoms with Gasteiger partial charge in [-0.25, -0.2) is 0 Å². The summed E-state index contributed by atoms with van der Waals surface area (Å²) in [6.07, 6.45) is 0. The highest BCUT2D eigenvalue weighted by Gasteiger charge is 2.15. The number of rotatable bonds is 3. The summed E-state index contributed by atoms with van der Waals surface area (Å²) in [6.45, 7) is 8.71. The number of hydrogen-bond donors (Lipinski definition) is 1. The molecule has 0 aliphatic rings. The summed E-state index contributed by atoms with van der Waals surface area (Å²) in [6, 6.07) is 9.95. The van der Waals surface area contributed by atoms with E-state index in [1.807, 2.05) is 7.05 Å². The molecule has 1 heterocycles. The summed E-state index contributed by atoms with van der Waals surface area (Å²) >= 11 is 1.54. The van der Waals surface area contributed by atoms with Crippen LogP contribution in [0.5, 0.6) is 0 Å². The van der Waals surface area contributed by atoms with Crippen LogP contribution < -0.4 is 11.3 Å². The summed E-state index contributed by atoms with van der Waals surface area (Å²) < 4.78 is 1.74. The van der Waals surface area contributed by atoms with Crippen molar-refractivity contribution in [2.75, 3.05) is 5.73 Å². The third kappa shape index (κ3) is 3.71. The van der Waals surface area contributed by atoms with Gasteiger partial charge in [-0.1, -0.05) is 56.8 Å². The summed E-state index contributed by atoms with van der Waals surface area (Å²) in [5.74, 6) is 0.429. The lowest BCUT2D eigenvalue weighted by Gasteiger charge is -2.20. The Balaban J connectivity index is 2.23. The zero-order chi connectivity index (χ0) is 16.5. The standard InChI is InChI=1S/C17H23N3OS/c1-11(12-6-8-13(9-7-12)17(2,3)4)22-16-19-15(21)10-14(18)20(16)5/h6-11H,18H2,1-5H3. The van der Waals surface area contributed by atoms with Crippen LogP contribution >= 0.6 is 11.8 Å². The summed E-state index contributed by atoms with van der Waals surface area (Å²) in [5, 5.41) is 0.825. The van der Waals surface area contributed by atoms with Crippen LogP contribution in [0.15, 0.2) is 40.3 Å². The molecule has 0 aliphatic heterocycles. The molecule has 5 heteroatoms. The molecule has 1 aromatic heterocycles. The van der Waals surface area contributed by atoms with E-state index in [0.717, 1.165) is 0 Å². The smallest absolute Gasteiger partial charge is 0.275 e. The average Bonchev–Trinajstić information content (AvgIpc) is 2.43. The normalized spacial score (nSPS) is 13.1. The number of nitrogens with zero attached hydrogens (tertiary/aromatic N) is 2. The second-order valence-corrected chi connectivity index (χ2v) is 7.80. The van der Waals surface area contributed by atoms with Gasteiger partial charge in [0.05, 0.1) is 0 Å². The predicted octanol–water partition coefficient (Wildman–Crippen LogP) is 3.51. The third-order valence-electron chi connectivity index (χ3n) is 3.68. The topological polar surface area (TPSA) is 60.9 Å². The Labute approximate surface area is 135 Å². The summed E-state index contributed by atoms with van der Waals surface area (Å²) in [5.41, 5.74) is 8.17. The number of nitrogens with two attached hydrogens (primary N) is 1. The van der Waals surface area contributed by atoms with Crippen molar-refractivity contribution in [2.45, 2.75) is 43.5 Å². The lowest BCUT2D eigenvalue weighted by molar-refractivity contribution is 0.590. The lowest BCUT2D eigenvalue weighted by atomic mass is 9.86. The lowest BCUT2D eigenvalue weighted by Crippen LogP contribution is -2.15. The van der Waals surface area contributed by atoms with Crippen LogP contribution in [0, 0.1) is 0 Å². The minimum absolute atomic E-state index is 0.147. The first-order chi connectivity index (χ1) is 10.2. The molecule has 0 aliphatic carbocycles. The molecule has 0 bridgehead atoms. The van der Waals surface area contributed by atoms with Crippen LogP contribution in [0.25, 0.3) is 0 Å². The van der Waals surface area contributed by atoms with Crippen molar-refractivity contribution in [3.05, 3.63) is 51.8 Å². The van der Waals surface area contributed by atoms with Gasteiger partial charge in [0, 0.05) is 18.4 Å². The van der Waals surface area contributed by atoms with Gasteiger partial charge in [0.1, 0.15) is 5.82 Å². The van der Waals surface area contributed by atoms with Crippen molar-refractivity contribution in [2.24, 2.45) is 7.05 Å². The largest absolute Gasteiger partial charge is 0.385 e. The number of anilines is 1. The van der Waals surface area contributed by atoms with Gasteiger partial charge in [0.2, 0.25) is 0 Å². The number of hydrogen-bond acceptors (Lipinski definition) is 4. The van der Waals surface area contributed by atoms with E-state index in [-0.39, 0.29) is 16.2 Å². The molecule has 0 spiro atoms. The van der Waals surface area contributed by atoms with Gasteiger partial charge in [-0.2, -0.15) is 4.98 Å². The van der Waals surface area contributed by atoms with E-state index in [0.29, 0.717) is 11.0 Å². The zero-order valence-electron chi connectivity index (χ0n) is 13.8. The Morgan fingerprint density at radius 1 is 1.23 bits per heavy atom. The zero-order valence-corrected chi connectivity index (χ0v) is 14.6. The first-order valence-corrected chi connectivity index (χ1v) is 8.17. The second kappa shape index (κ2) is 6.16. The van der Waals surface area contributed by atoms with Gasteiger partial charge < -0.3 is 10.3 Å². The second-order valence-electron chi connectivity index (χ2n) is 6.49. The van der Waals surface area contributed by atoms with Crippen LogP contribution in [0.2, 0.25) is 0 Å². The van der Waals surface area contributed by atoms with Crippen molar-refractivity contribution in [1.82, 2.24) is 9.55 Å². The minimum atomic E-state index is -0.298. The number of aromatic nitrogens is 2. The highest BCUT2D eigenvalue weighted by molar-refractivity contribution is 7.99. The molecule has 22 heavy (non-hydrogen) atoms. The van der Waals surface area contributed by atoms with E-state index in [2.05, 4.69) is 56.9 Å². The van der Waals surface area contributed by atoms with Gasteiger partial charge in [0.25, 0.3) is 5.56 Å². The molecule has 1 aromatic carbocycles. The molecule has 1 atom stereocenters. The first-order valence-electron chi connectivity index (χ1n) is 7.29. The minimum Gasteiger partial charge on any atom is -0.385 e. The van der Waals surface area contributed by atoms with E-state index in [9.17, 15) is 4.79 Å². The molecular formula is C17H23N3OS. The van der Waals surface area contributed by atoms with Gasteiger partial charge >= 0.3 is 0 Å². The Kier molecular flexibility index (Phi) is 4.66. The molecule has 2 aromatic rings. The van der Waals surface area contributed by atoms with E-state index in [1.165, 1.54) is 29.0 Å². The van der Waals surface area contributed by atoms with Crippen molar-refractivity contribution < 1.29 is 0 Å². The van der Waals surface area contributed by atoms with E-state index in [1.54, 1.807) is 4.57 Å². The maximum atomic E-state index is 11.5. The average molecular weight is 317 g/mol. The maximum absolute atomic E-state index is 11.5. The van der Waals surface area contributed by atoms with Gasteiger partial charge in [-0.05, 0) is 23.5 Å². The third-order valence-corrected chi connectivity index (χ3v) is 4.88. The predicted molar refractivity (Wildman–Crippen MR) is 93.3 cm³/mol. The number of thioether (sulfide) groups is 1. The highest BCUT2D eigenvalue weighted by Crippen LogP contribution is 2.34. The molecule has 0 fully saturated rings. The molecule has 2 rings (SSSR count). The molecule has 0 amide bonds. The van der Waals surface area contributed by atoms with Crippen molar-refractivity contribution in [1.29, 1.82) is 0 Å².